The third-order valence-electron chi connectivity index (χ3n) is 2.96. The molecule has 94 valence electrons. The number of benzene rings is 1. The van der Waals surface area contributed by atoms with Gasteiger partial charge in [0.2, 0.25) is 0 Å². The molecule has 0 amide bonds. The van der Waals surface area contributed by atoms with E-state index in [1.54, 1.807) is 0 Å². The molecule has 1 aromatic rings. The summed E-state index contributed by atoms with van der Waals surface area (Å²) in [6.45, 7) is 4.33. The molecule has 2 N–H and O–H groups in total. The van der Waals surface area contributed by atoms with E-state index in [1.165, 1.54) is 0 Å². The minimum absolute atomic E-state index is 0.0158. The molecule has 2 atom stereocenters. The zero-order valence-electron chi connectivity index (χ0n) is 9.99. The van der Waals surface area contributed by atoms with Gasteiger partial charge in [-0.2, -0.15) is 0 Å². The number of hydrogen-bond acceptors (Lipinski definition) is 3. The second-order valence-electron chi connectivity index (χ2n) is 4.51. The van der Waals surface area contributed by atoms with Crippen molar-refractivity contribution >= 4 is 15.9 Å². The summed E-state index contributed by atoms with van der Waals surface area (Å²) in [6, 6.07) is 5.96. The van der Waals surface area contributed by atoms with Gasteiger partial charge < -0.3 is 15.2 Å². The number of rotatable bonds is 4. The van der Waals surface area contributed by atoms with Crippen LogP contribution in [-0.4, -0.2) is 19.8 Å². The molecular weight excluding hydrogens is 282 g/mol. The summed E-state index contributed by atoms with van der Waals surface area (Å²) in [5, 5.41) is 0. The fourth-order valence-electron chi connectivity index (χ4n) is 1.93. The molecule has 3 nitrogen and oxygen atoms in total. The molecule has 1 aliphatic rings. The molecule has 4 heteroatoms. The van der Waals surface area contributed by atoms with Crippen LogP contribution in [0.4, 0.5) is 0 Å². The lowest BCUT2D eigenvalue weighted by molar-refractivity contribution is 0.166. The highest BCUT2D eigenvalue weighted by Crippen LogP contribution is 2.28. The summed E-state index contributed by atoms with van der Waals surface area (Å²) in [7, 11) is 0. The molecule has 17 heavy (non-hydrogen) atoms. The molecule has 1 aromatic carbocycles. The van der Waals surface area contributed by atoms with Crippen molar-refractivity contribution in [2.24, 2.45) is 11.7 Å². The van der Waals surface area contributed by atoms with E-state index in [0.29, 0.717) is 12.5 Å². The molecular formula is C13H18BrNO2. The van der Waals surface area contributed by atoms with Gasteiger partial charge in [0.15, 0.2) is 0 Å². The van der Waals surface area contributed by atoms with Crippen LogP contribution in [0.3, 0.4) is 0 Å². The van der Waals surface area contributed by atoms with Crippen molar-refractivity contribution in [2.45, 2.75) is 19.4 Å². The Hall–Kier alpha value is -0.580. The van der Waals surface area contributed by atoms with E-state index in [2.05, 4.69) is 15.9 Å². The largest absolute Gasteiger partial charge is 0.493 e. The van der Waals surface area contributed by atoms with E-state index < -0.39 is 0 Å². The van der Waals surface area contributed by atoms with E-state index in [-0.39, 0.29) is 6.04 Å². The summed E-state index contributed by atoms with van der Waals surface area (Å²) in [5.74, 6) is 1.39. The Kier molecular flexibility index (Phi) is 4.42. The molecule has 1 heterocycles. The van der Waals surface area contributed by atoms with Crippen LogP contribution in [0.2, 0.25) is 0 Å². The van der Waals surface area contributed by atoms with E-state index in [0.717, 1.165) is 35.4 Å². The maximum atomic E-state index is 5.93. The van der Waals surface area contributed by atoms with Gasteiger partial charge in [-0.15, -0.1) is 0 Å². The minimum Gasteiger partial charge on any atom is -0.493 e. The van der Waals surface area contributed by atoms with Gasteiger partial charge in [-0.1, -0.05) is 22.0 Å². The van der Waals surface area contributed by atoms with Crippen LogP contribution in [0, 0.1) is 5.92 Å². The maximum absolute atomic E-state index is 5.93. The Morgan fingerprint density at radius 3 is 3.06 bits per heavy atom. The van der Waals surface area contributed by atoms with E-state index in [4.69, 9.17) is 15.2 Å². The van der Waals surface area contributed by atoms with Crippen LogP contribution in [0.15, 0.2) is 22.7 Å². The molecule has 0 aliphatic carbocycles. The molecule has 0 radical (unpaired) electrons. The van der Waals surface area contributed by atoms with Gasteiger partial charge in [0, 0.05) is 28.6 Å². The fraction of sp³-hybridized carbons (Fsp3) is 0.538. The monoisotopic (exact) mass is 299 g/mol. The Morgan fingerprint density at radius 1 is 1.59 bits per heavy atom. The molecule has 2 rings (SSSR count). The SMILES string of the molecule is CC(N)c1ccc(Br)cc1OCC1CCOC1. The van der Waals surface area contributed by atoms with Crippen LogP contribution >= 0.6 is 15.9 Å². The predicted molar refractivity (Wildman–Crippen MR) is 71.2 cm³/mol. The number of ether oxygens (including phenoxy) is 2. The van der Waals surface area contributed by atoms with Gasteiger partial charge in [-0.25, -0.2) is 0 Å². The van der Waals surface area contributed by atoms with Crippen LogP contribution in [0.1, 0.15) is 24.9 Å². The Bertz CT molecular complexity index is 376. The van der Waals surface area contributed by atoms with Gasteiger partial charge in [0.05, 0.1) is 13.2 Å². The van der Waals surface area contributed by atoms with Gasteiger partial charge in [-0.05, 0) is 25.5 Å². The first-order valence-corrected chi connectivity index (χ1v) is 6.71. The maximum Gasteiger partial charge on any atom is 0.125 e. The van der Waals surface area contributed by atoms with Gasteiger partial charge in [0.1, 0.15) is 5.75 Å². The molecule has 0 saturated carbocycles. The Balaban J connectivity index is 2.04. The first kappa shape index (κ1) is 12.9. The highest BCUT2D eigenvalue weighted by molar-refractivity contribution is 9.10. The van der Waals surface area contributed by atoms with Gasteiger partial charge in [0.25, 0.3) is 0 Å². The van der Waals surface area contributed by atoms with Crippen molar-refractivity contribution in [3.8, 4) is 5.75 Å². The molecule has 2 unspecified atom stereocenters. The third kappa shape index (κ3) is 3.44. The Morgan fingerprint density at radius 2 is 2.41 bits per heavy atom. The second-order valence-corrected chi connectivity index (χ2v) is 5.43. The lowest BCUT2D eigenvalue weighted by Gasteiger charge is -2.16. The quantitative estimate of drug-likeness (QED) is 0.930. The van der Waals surface area contributed by atoms with Crippen molar-refractivity contribution in [3.05, 3.63) is 28.2 Å². The molecule has 0 spiro atoms. The molecule has 0 bridgehead atoms. The number of halogens is 1. The van der Waals surface area contributed by atoms with Crippen molar-refractivity contribution in [1.82, 2.24) is 0 Å². The van der Waals surface area contributed by atoms with E-state index in [9.17, 15) is 0 Å². The van der Waals surface area contributed by atoms with Crippen molar-refractivity contribution in [1.29, 1.82) is 0 Å². The highest BCUT2D eigenvalue weighted by Gasteiger charge is 2.17. The summed E-state index contributed by atoms with van der Waals surface area (Å²) in [5.41, 5.74) is 6.98. The van der Waals surface area contributed by atoms with Crippen molar-refractivity contribution in [2.75, 3.05) is 19.8 Å². The predicted octanol–water partition coefficient (Wildman–Crippen LogP) is 2.88. The third-order valence-corrected chi connectivity index (χ3v) is 3.46. The van der Waals surface area contributed by atoms with Crippen LogP contribution in [-0.2, 0) is 4.74 Å². The van der Waals surface area contributed by atoms with Crippen LogP contribution < -0.4 is 10.5 Å². The molecule has 0 aromatic heterocycles. The first-order valence-electron chi connectivity index (χ1n) is 5.92. The van der Waals surface area contributed by atoms with Crippen molar-refractivity contribution in [3.63, 3.8) is 0 Å². The molecule has 1 aliphatic heterocycles. The summed E-state index contributed by atoms with van der Waals surface area (Å²) in [6.07, 6.45) is 1.08. The Labute approximate surface area is 110 Å². The minimum atomic E-state index is -0.0158. The lowest BCUT2D eigenvalue weighted by atomic mass is 10.1. The lowest BCUT2D eigenvalue weighted by Crippen LogP contribution is -2.14. The zero-order valence-corrected chi connectivity index (χ0v) is 11.6. The van der Waals surface area contributed by atoms with Crippen molar-refractivity contribution < 1.29 is 9.47 Å². The van der Waals surface area contributed by atoms with Crippen LogP contribution in [0.5, 0.6) is 5.75 Å². The standard InChI is InChI=1S/C13H18BrNO2/c1-9(15)12-3-2-11(14)6-13(12)17-8-10-4-5-16-7-10/h2-3,6,9-10H,4-5,7-8,15H2,1H3. The average Bonchev–Trinajstić information content (AvgIpc) is 2.78. The summed E-state index contributed by atoms with van der Waals surface area (Å²) < 4.78 is 12.2. The van der Waals surface area contributed by atoms with Gasteiger partial charge >= 0.3 is 0 Å². The topological polar surface area (TPSA) is 44.5 Å². The molecule has 1 saturated heterocycles. The average molecular weight is 300 g/mol. The zero-order chi connectivity index (χ0) is 12.3. The number of nitrogens with two attached hydrogens (primary N) is 1. The van der Waals surface area contributed by atoms with E-state index in [1.807, 2.05) is 25.1 Å². The first-order chi connectivity index (χ1) is 8.16. The summed E-state index contributed by atoms with van der Waals surface area (Å²) >= 11 is 3.45. The summed E-state index contributed by atoms with van der Waals surface area (Å²) in [4.78, 5) is 0. The van der Waals surface area contributed by atoms with E-state index >= 15 is 0 Å². The highest BCUT2D eigenvalue weighted by atomic mass is 79.9. The van der Waals surface area contributed by atoms with Gasteiger partial charge in [-0.3, -0.25) is 0 Å². The second kappa shape index (κ2) is 5.85. The van der Waals surface area contributed by atoms with Crippen LogP contribution in [0.25, 0.3) is 0 Å². The molecule has 1 fully saturated rings. The number of hydrogen-bond donors (Lipinski definition) is 1. The fourth-order valence-corrected chi connectivity index (χ4v) is 2.27. The smallest absolute Gasteiger partial charge is 0.125 e. The normalized spacial score (nSPS) is 21.5.